The number of nitrogens with one attached hydrogen (secondary N) is 1. The molecule has 3 aliphatic rings. The lowest BCUT2D eigenvalue weighted by Crippen LogP contribution is -1.86. The first-order valence-corrected chi connectivity index (χ1v) is 7.38. The minimum absolute atomic E-state index is 0. The van der Waals surface area contributed by atoms with Crippen molar-refractivity contribution in [2.75, 3.05) is 0 Å². The Hall–Kier alpha value is -2.98. The molecule has 4 rings (SSSR count). The molecule has 0 radical (unpaired) electrons. The lowest BCUT2D eigenvalue weighted by molar-refractivity contribution is 1.36. The van der Waals surface area contributed by atoms with E-state index in [0.29, 0.717) is 0 Å². The van der Waals surface area contributed by atoms with Gasteiger partial charge in [-0.1, -0.05) is 0 Å². The summed E-state index contributed by atoms with van der Waals surface area (Å²) in [7, 11) is 0. The van der Waals surface area contributed by atoms with Gasteiger partial charge in [0.2, 0.25) is 0 Å². The Morgan fingerprint density at radius 2 is 1.50 bits per heavy atom. The van der Waals surface area contributed by atoms with E-state index in [-0.39, 0.29) is 12.4 Å². The lowest BCUT2D eigenvalue weighted by Gasteiger charge is -1.92. The van der Waals surface area contributed by atoms with E-state index in [9.17, 15) is 0 Å². The summed E-state index contributed by atoms with van der Waals surface area (Å²) in [5, 5.41) is 0. The van der Waals surface area contributed by atoms with Crippen LogP contribution >= 0.6 is 12.4 Å². The van der Waals surface area contributed by atoms with Crippen molar-refractivity contribution >= 4 is 36.1 Å². The Balaban J connectivity index is 0.00000169. The molecule has 0 spiro atoms. The first-order valence-electron chi connectivity index (χ1n) is 7.38. The van der Waals surface area contributed by atoms with Crippen LogP contribution in [0, 0.1) is 0 Å². The Morgan fingerprint density at radius 1 is 0.792 bits per heavy atom. The summed E-state index contributed by atoms with van der Waals surface area (Å²) in [5.74, 6) is 0. The van der Waals surface area contributed by atoms with Crippen LogP contribution < -0.4 is 0 Å². The topological polar surface area (TPSA) is 52.9 Å². The molecule has 0 aliphatic carbocycles. The summed E-state index contributed by atoms with van der Waals surface area (Å²) in [5.41, 5.74) is 5.59. The molecule has 0 fully saturated rings. The number of nitrogens with zero attached hydrogens (tertiary/aromatic N) is 3. The van der Waals surface area contributed by atoms with Gasteiger partial charge < -0.3 is 4.98 Å². The average molecular weight is 335 g/mol. The molecule has 1 N–H and O–H groups in total. The van der Waals surface area contributed by atoms with Crippen LogP contribution in [-0.4, -0.2) is 22.6 Å². The van der Waals surface area contributed by atoms with Gasteiger partial charge in [0.15, 0.2) is 0 Å². The number of rotatable bonds is 3. The van der Waals surface area contributed by atoms with Gasteiger partial charge in [0.1, 0.15) is 0 Å². The molecule has 0 saturated carbocycles. The second-order valence-corrected chi connectivity index (χ2v) is 5.21. The van der Waals surface area contributed by atoms with Crippen LogP contribution in [0.5, 0.6) is 0 Å². The Labute approximate surface area is 146 Å². The molecule has 0 aromatic carbocycles. The first kappa shape index (κ1) is 15.9. The summed E-state index contributed by atoms with van der Waals surface area (Å²) in [6.07, 6.45) is 21.4. The van der Waals surface area contributed by atoms with E-state index < -0.39 is 0 Å². The van der Waals surface area contributed by atoms with E-state index in [1.165, 1.54) is 0 Å². The van der Waals surface area contributed by atoms with Crippen molar-refractivity contribution in [1.29, 1.82) is 0 Å². The van der Waals surface area contributed by atoms with Crippen molar-refractivity contribution in [3.05, 3.63) is 89.7 Å². The third-order valence-corrected chi connectivity index (χ3v) is 3.46. The number of aromatic amines is 1. The summed E-state index contributed by atoms with van der Waals surface area (Å²) in [4.78, 5) is 16.5. The van der Waals surface area contributed by atoms with E-state index in [4.69, 9.17) is 0 Å². The molecule has 3 aliphatic heterocycles. The van der Waals surface area contributed by atoms with Gasteiger partial charge in [0, 0.05) is 18.1 Å². The van der Waals surface area contributed by atoms with Crippen LogP contribution in [0.3, 0.4) is 0 Å². The second-order valence-electron chi connectivity index (χ2n) is 5.21. The average Bonchev–Trinajstić information content (AvgIpc) is 3.31. The Morgan fingerprint density at radius 3 is 2.12 bits per heavy atom. The zero-order valence-corrected chi connectivity index (χ0v) is 13.6. The number of H-pyrrole nitrogens is 1. The molecule has 0 saturated heterocycles. The molecule has 0 atom stereocenters. The summed E-state index contributed by atoms with van der Waals surface area (Å²) in [6.45, 7) is 0. The second kappa shape index (κ2) is 7.06. The van der Waals surface area contributed by atoms with Gasteiger partial charge in [0.25, 0.3) is 0 Å². The fourth-order valence-electron chi connectivity index (χ4n) is 2.41. The Bertz CT molecular complexity index is 887. The molecule has 0 unspecified atom stereocenters. The minimum Gasteiger partial charge on any atom is -0.362 e. The van der Waals surface area contributed by atoms with Crippen LogP contribution in [0.1, 0.15) is 5.69 Å². The highest BCUT2D eigenvalue weighted by Gasteiger charge is 2.07. The van der Waals surface area contributed by atoms with Crippen molar-refractivity contribution in [2.24, 2.45) is 15.0 Å². The van der Waals surface area contributed by atoms with Crippen LogP contribution in [0.15, 0.2) is 99.0 Å². The van der Waals surface area contributed by atoms with E-state index in [1.54, 1.807) is 6.21 Å². The third-order valence-electron chi connectivity index (χ3n) is 3.46. The monoisotopic (exact) mass is 334 g/mol. The molecule has 1 aromatic rings. The number of aromatic nitrogens is 1. The molecular formula is C19H15ClN4. The maximum Gasteiger partial charge on any atom is 0.0659 e. The van der Waals surface area contributed by atoms with Gasteiger partial charge in [-0.25, -0.2) is 9.98 Å². The molecule has 24 heavy (non-hydrogen) atoms. The van der Waals surface area contributed by atoms with Crippen molar-refractivity contribution in [2.45, 2.75) is 0 Å². The molecule has 5 heteroatoms. The summed E-state index contributed by atoms with van der Waals surface area (Å²) < 4.78 is 0. The lowest BCUT2D eigenvalue weighted by atomic mass is 10.2. The largest absolute Gasteiger partial charge is 0.362 e. The summed E-state index contributed by atoms with van der Waals surface area (Å²) >= 11 is 0. The normalized spacial score (nSPS) is 22.8. The van der Waals surface area contributed by atoms with E-state index >= 15 is 0 Å². The number of aliphatic imine (C=N–C) groups is 3. The maximum absolute atomic E-state index is 4.57. The van der Waals surface area contributed by atoms with Gasteiger partial charge >= 0.3 is 0 Å². The standard InChI is InChI=1S/C19H14N4.ClH/c1-3-14(20-9-1)11-16-5-7-18(22-16)13-19-8-6-17(23-19)12-15-4-2-10-21-15;/h1-13,20H;1H/b15-12-,16-11-,19-13-;. The quantitative estimate of drug-likeness (QED) is 0.861. The maximum atomic E-state index is 4.57. The van der Waals surface area contributed by atoms with Gasteiger partial charge in [-0.15, -0.1) is 12.4 Å². The van der Waals surface area contributed by atoms with Gasteiger partial charge in [-0.05, 0) is 66.8 Å². The predicted octanol–water partition coefficient (Wildman–Crippen LogP) is 4.21. The molecule has 1 aromatic heterocycles. The highest BCUT2D eigenvalue weighted by atomic mass is 35.5. The predicted molar refractivity (Wildman–Crippen MR) is 103 cm³/mol. The van der Waals surface area contributed by atoms with Crippen molar-refractivity contribution in [3.63, 3.8) is 0 Å². The zero-order valence-electron chi connectivity index (χ0n) is 12.8. The fourth-order valence-corrected chi connectivity index (χ4v) is 2.41. The number of halogens is 1. The first-order chi connectivity index (χ1) is 11.3. The van der Waals surface area contributed by atoms with Gasteiger partial charge in [0.05, 0.1) is 28.5 Å². The van der Waals surface area contributed by atoms with Gasteiger partial charge in [-0.3, -0.25) is 4.99 Å². The van der Waals surface area contributed by atoms with E-state index in [2.05, 4.69) is 20.0 Å². The smallest absolute Gasteiger partial charge is 0.0659 e. The third kappa shape index (κ3) is 3.67. The minimum atomic E-state index is 0. The fraction of sp³-hybridized carbons (Fsp3) is 0. The molecule has 0 bridgehead atoms. The van der Waals surface area contributed by atoms with E-state index in [1.807, 2.05) is 73.0 Å². The van der Waals surface area contributed by atoms with Crippen LogP contribution in [0.2, 0.25) is 0 Å². The molecule has 0 amide bonds. The molecule has 4 heterocycles. The summed E-state index contributed by atoms with van der Waals surface area (Å²) in [6, 6.07) is 3.98. The van der Waals surface area contributed by atoms with Crippen LogP contribution in [0.25, 0.3) is 6.08 Å². The van der Waals surface area contributed by atoms with Crippen molar-refractivity contribution in [1.82, 2.24) is 4.98 Å². The number of allylic oxidation sites excluding steroid dienone is 8. The number of hydrogen-bond acceptors (Lipinski definition) is 3. The highest BCUT2D eigenvalue weighted by Crippen LogP contribution is 2.17. The van der Waals surface area contributed by atoms with E-state index in [0.717, 1.165) is 34.2 Å². The number of hydrogen-bond donors (Lipinski definition) is 1. The van der Waals surface area contributed by atoms with Crippen molar-refractivity contribution < 1.29 is 0 Å². The Kier molecular flexibility index (Phi) is 4.68. The van der Waals surface area contributed by atoms with Crippen molar-refractivity contribution in [3.8, 4) is 0 Å². The van der Waals surface area contributed by atoms with Gasteiger partial charge in [-0.2, -0.15) is 0 Å². The molecule has 4 nitrogen and oxygen atoms in total. The van der Waals surface area contributed by atoms with Crippen LogP contribution in [-0.2, 0) is 0 Å². The van der Waals surface area contributed by atoms with Crippen LogP contribution in [0.4, 0.5) is 0 Å². The molecular weight excluding hydrogens is 320 g/mol. The molecule has 118 valence electrons. The zero-order chi connectivity index (χ0) is 15.5. The SMILES string of the molecule is C1=C/C(=C/C2=NC(=C\C3=NC(=C\c4ccc[nH]4)/C=C3)/C=C2)N=C1.Cl. The highest BCUT2D eigenvalue weighted by molar-refractivity contribution is 6.11.